The monoisotopic (exact) mass is 713 g/mol. The number of imidazole rings is 2. The Bertz CT molecular complexity index is 1850. The fraction of sp³-hybridized carbons (Fsp3) is 0.429. The smallest absolute Gasteiger partial charge is 0.382 e. The van der Waals surface area contributed by atoms with Crippen LogP contribution in [0, 0.1) is 0 Å². The molecule has 43 heavy (non-hydrogen) atoms. The van der Waals surface area contributed by atoms with E-state index in [1.165, 1.54) is 17.2 Å². The van der Waals surface area contributed by atoms with Gasteiger partial charge in [0.15, 0.2) is 24.0 Å². The molecule has 5 heterocycles. The highest BCUT2D eigenvalue weighted by Crippen LogP contribution is 2.54. The van der Waals surface area contributed by atoms with Crippen molar-refractivity contribution >= 4 is 88.8 Å². The highest BCUT2D eigenvalue weighted by Gasteiger charge is 2.44. The number of hydrogen-bond donors (Lipinski definition) is 5. The van der Waals surface area contributed by atoms with E-state index in [1.807, 2.05) is 0 Å². The van der Waals surface area contributed by atoms with Crippen LogP contribution < -0.4 is 11.4 Å². The van der Waals surface area contributed by atoms with E-state index in [-0.39, 0.29) is 23.9 Å². The Kier molecular flexibility index (Phi) is 8.71. The number of aromatic nitrogens is 6. The highest BCUT2D eigenvalue weighted by molar-refractivity contribution is 8.44. The molecule has 0 spiro atoms. The minimum Gasteiger partial charge on any atom is -0.382 e. The summed E-state index contributed by atoms with van der Waals surface area (Å²) in [6.45, 7) is -8.35. The van der Waals surface area contributed by atoms with Gasteiger partial charge in [-0.15, -0.1) is 0 Å². The third-order valence-electron chi connectivity index (χ3n) is 6.78. The van der Waals surface area contributed by atoms with Crippen molar-refractivity contribution in [3.05, 3.63) is 45.3 Å². The van der Waals surface area contributed by atoms with Gasteiger partial charge in [-0.2, -0.15) is 0 Å². The summed E-state index contributed by atoms with van der Waals surface area (Å²) in [5.41, 5.74) is 6.97. The second-order valence-corrected chi connectivity index (χ2v) is 16.0. The molecule has 0 bridgehead atoms. The fourth-order valence-electron chi connectivity index (χ4n) is 4.99. The number of nitrogens with one attached hydrogen (secondary N) is 1. The molecule has 16 nitrogen and oxygen atoms in total. The zero-order valence-electron chi connectivity index (χ0n) is 21.6. The fourth-order valence-corrected chi connectivity index (χ4v) is 7.53. The van der Waals surface area contributed by atoms with Crippen LogP contribution >= 0.6 is 49.0 Å². The first-order valence-corrected chi connectivity index (χ1v) is 18.6. The van der Waals surface area contributed by atoms with Gasteiger partial charge in [-0.25, -0.2) is 28.9 Å². The predicted molar refractivity (Wildman–Crippen MR) is 161 cm³/mol. The van der Waals surface area contributed by atoms with Crippen LogP contribution in [0.15, 0.2) is 29.6 Å². The van der Waals surface area contributed by atoms with Crippen LogP contribution in [0.25, 0.3) is 22.2 Å². The first-order valence-electron chi connectivity index (χ1n) is 12.5. The van der Waals surface area contributed by atoms with Gasteiger partial charge in [-0.05, 0) is 36.8 Å². The molecule has 0 saturated carbocycles. The first kappa shape index (κ1) is 31.4. The Morgan fingerprint density at radius 3 is 2.72 bits per heavy atom. The molecule has 232 valence electrons. The van der Waals surface area contributed by atoms with E-state index >= 15 is 0 Å². The lowest BCUT2D eigenvalue weighted by Gasteiger charge is -2.25. The number of H-pyrrole nitrogens is 1. The molecule has 2 aliphatic rings. The van der Waals surface area contributed by atoms with Gasteiger partial charge in [0.1, 0.15) is 24.2 Å². The number of nitrogens with zero attached hydrogens (tertiary/aromatic N) is 5. The van der Waals surface area contributed by atoms with Crippen molar-refractivity contribution in [2.24, 2.45) is 0 Å². The first-order chi connectivity index (χ1) is 20.3. The minimum atomic E-state index is -4.25. The molecule has 2 unspecified atom stereocenters. The number of anilines is 1. The number of ether oxygens (including phenoxy) is 2. The Labute approximate surface area is 262 Å². The number of fused-ring (bicyclic) bond motifs is 2. The van der Waals surface area contributed by atoms with Crippen LogP contribution in [-0.4, -0.2) is 64.0 Å². The maximum absolute atomic E-state index is 12.6. The lowest BCUT2D eigenvalue weighted by molar-refractivity contribution is -0.106. The van der Waals surface area contributed by atoms with Crippen molar-refractivity contribution in [2.75, 3.05) is 12.3 Å². The third-order valence-corrected chi connectivity index (χ3v) is 9.88. The molecule has 3 aromatic heterocycles. The van der Waals surface area contributed by atoms with Crippen molar-refractivity contribution in [1.82, 2.24) is 29.1 Å². The molecule has 22 heteroatoms. The van der Waals surface area contributed by atoms with Gasteiger partial charge in [-0.1, -0.05) is 35.5 Å². The second-order valence-electron chi connectivity index (χ2n) is 9.65. The summed E-state index contributed by atoms with van der Waals surface area (Å²) in [5.74, 6) is 0.130. The van der Waals surface area contributed by atoms with Gasteiger partial charge in [0, 0.05) is 6.42 Å². The van der Waals surface area contributed by atoms with Gasteiger partial charge in [-0.3, -0.25) is 4.52 Å². The maximum Gasteiger partial charge on any atom is 0.385 e. The van der Waals surface area contributed by atoms with E-state index in [2.05, 4.69) is 32.2 Å². The van der Waals surface area contributed by atoms with Gasteiger partial charge in [0.05, 0.1) is 40.1 Å². The molecule has 4 aromatic rings. The third kappa shape index (κ3) is 6.67. The molecule has 2 fully saturated rings. The second kappa shape index (κ2) is 11.9. The number of halogens is 2. The zero-order chi connectivity index (χ0) is 30.7. The van der Waals surface area contributed by atoms with Crippen molar-refractivity contribution in [2.45, 2.75) is 50.2 Å². The van der Waals surface area contributed by atoms with Crippen LogP contribution in [0.4, 0.5) is 5.82 Å². The van der Waals surface area contributed by atoms with E-state index in [4.69, 9.17) is 63.8 Å². The predicted octanol–water partition coefficient (Wildman–Crippen LogP) is 3.65. The van der Waals surface area contributed by atoms with Crippen molar-refractivity contribution < 1.29 is 37.4 Å². The highest BCUT2D eigenvalue weighted by atomic mass is 35.5. The number of hydrogen-bond acceptors (Lipinski definition) is 12. The van der Waals surface area contributed by atoms with Gasteiger partial charge >= 0.3 is 19.2 Å². The van der Waals surface area contributed by atoms with E-state index < -0.39 is 50.2 Å². The van der Waals surface area contributed by atoms with Gasteiger partial charge in [0.25, 0.3) is 0 Å². The van der Waals surface area contributed by atoms with E-state index in [1.54, 1.807) is 16.7 Å². The van der Waals surface area contributed by atoms with Crippen molar-refractivity contribution in [3.8, 4) is 0 Å². The van der Waals surface area contributed by atoms with Crippen molar-refractivity contribution in [3.63, 3.8) is 0 Å². The number of aromatic amines is 1. The molecule has 2 aliphatic heterocycles. The van der Waals surface area contributed by atoms with Crippen LogP contribution in [0.1, 0.15) is 31.7 Å². The molecule has 7 atom stereocenters. The number of nitrogen functional groups attached to an aromatic ring is 1. The van der Waals surface area contributed by atoms with Crippen LogP contribution in [0.2, 0.25) is 10.0 Å². The molecule has 6 rings (SSSR count). The molecular weight excluding hydrogens is 691 g/mol. The summed E-state index contributed by atoms with van der Waals surface area (Å²) in [4.78, 5) is 48.1. The SMILES string of the molecule is Nc1ncnc2c1[nH]c(=O)n2[C@H]1CC[C@@H](COP(O)(=S)O[C@H]2C[C@@H](OP(=O)(O)S)O[C@H]2n2cnc3cc(Cl)c(Cl)cc32)O1. The molecule has 1 aromatic carbocycles. The van der Waals surface area contributed by atoms with Crippen LogP contribution in [0.3, 0.4) is 0 Å². The summed E-state index contributed by atoms with van der Waals surface area (Å²) in [7, 11) is 0. The van der Waals surface area contributed by atoms with Crippen LogP contribution in [0.5, 0.6) is 0 Å². The summed E-state index contributed by atoms with van der Waals surface area (Å²) in [6.07, 6.45) is -1.01. The average Bonchev–Trinajstić information content (AvgIpc) is 3.68. The number of rotatable bonds is 9. The van der Waals surface area contributed by atoms with E-state index in [0.29, 0.717) is 40.1 Å². The number of thiol groups is 1. The van der Waals surface area contributed by atoms with Crippen molar-refractivity contribution in [1.29, 1.82) is 0 Å². The Hall–Kier alpha value is -1.63. The normalized spacial score (nSPS) is 27.1. The molecule has 0 aliphatic carbocycles. The maximum atomic E-state index is 12.6. The van der Waals surface area contributed by atoms with Crippen LogP contribution in [-0.2, 0) is 39.4 Å². The molecule has 2 saturated heterocycles. The quantitative estimate of drug-likeness (QED) is 0.124. The minimum absolute atomic E-state index is 0.116. The zero-order valence-corrected chi connectivity index (χ0v) is 26.6. The molecule has 0 amide bonds. The largest absolute Gasteiger partial charge is 0.385 e. The van der Waals surface area contributed by atoms with Gasteiger partial charge in [0.2, 0.25) is 0 Å². The molecular formula is C21H23Cl2N7O9P2S2. The molecule has 5 N–H and O–H groups in total. The summed E-state index contributed by atoms with van der Waals surface area (Å²) in [6, 6.07) is 3.12. The lowest BCUT2D eigenvalue weighted by atomic mass is 10.2. The Morgan fingerprint density at radius 2 is 1.95 bits per heavy atom. The number of benzene rings is 1. The van der Waals surface area contributed by atoms with E-state index in [0.717, 1.165) is 0 Å². The summed E-state index contributed by atoms with van der Waals surface area (Å²) in [5, 5.41) is 0.547. The standard InChI is InChI=1S/C21H23Cl2N7O9P2S2/c22-10-3-12-13(4-11(10)23)29(8-27-12)20-14(5-16(37-20)39-40(32,33)42)38-41(34,43)35-6-9-1-2-15(36-9)30-19-17(28-21(30)31)18(24)25-7-26-19/h3-4,7-9,14-16,20H,1-2,5-6H2,(H,28,31)(H,34,43)(H2,24,25,26)(H2,32,33,42)/t9-,14-,15+,16+,20+,41?/m0/s1. The Balaban J connectivity index is 1.16. The number of nitrogens with two attached hydrogens (primary N) is 1. The Morgan fingerprint density at radius 1 is 1.19 bits per heavy atom. The average molecular weight is 714 g/mol. The van der Waals surface area contributed by atoms with E-state index in [9.17, 15) is 19.1 Å². The lowest BCUT2D eigenvalue weighted by Crippen LogP contribution is -2.24. The van der Waals surface area contributed by atoms with Gasteiger partial charge < -0.3 is 43.6 Å². The topological polar surface area (TPSA) is 211 Å². The summed E-state index contributed by atoms with van der Waals surface area (Å²) >= 11 is 21.2. The summed E-state index contributed by atoms with van der Waals surface area (Å²) < 4.78 is 43.0. The molecule has 0 radical (unpaired) electrons.